The van der Waals surface area contributed by atoms with Crippen molar-refractivity contribution < 1.29 is 14.7 Å². The van der Waals surface area contributed by atoms with E-state index in [0.29, 0.717) is 28.8 Å². The number of carbonyl (C=O) groups is 2. The summed E-state index contributed by atoms with van der Waals surface area (Å²) in [5, 5.41) is 12.5. The van der Waals surface area contributed by atoms with Crippen LogP contribution in [0.1, 0.15) is 32.1 Å². The molecule has 0 saturated carbocycles. The molecule has 1 aromatic rings. The number of hydrogen-bond donors (Lipinski definition) is 2. The topological polar surface area (TPSA) is 66.4 Å². The first kappa shape index (κ1) is 19.1. The van der Waals surface area contributed by atoms with Crippen LogP contribution in [-0.2, 0) is 9.59 Å². The molecule has 0 aromatic heterocycles. The van der Waals surface area contributed by atoms with Crippen molar-refractivity contribution in [1.82, 2.24) is 5.32 Å². The van der Waals surface area contributed by atoms with E-state index in [4.69, 9.17) is 28.3 Å². The minimum absolute atomic E-state index is 0.0495. The lowest BCUT2D eigenvalue weighted by molar-refractivity contribution is -0.137. The van der Waals surface area contributed by atoms with Gasteiger partial charge in [0.2, 0.25) is 5.91 Å². The SMILES string of the molecule is O=C(O)CCCCCCNC(=O)CSc1cc(Cl)ccc1Cl. The highest BCUT2D eigenvalue weighted by molar-refractivity contribution is 8.00. The van der Waals surface area contributed by atoms with E-state index in [2.05, 4.69) is 5.32 Å². The zero-order valence-corrected chi connectivity index (χ0v) is 14.4. The number of nitrogens with one attached hydrogen (secondary N) is 1. The maximum absolute atomic E-state index is 11.7. The van der Waals surface area contributed by atoms with Crippen molar-refractivity contribution in [2.24, 2.45) is 0 Å². The molecule has 22 heavy (non-hydrogen) atoms. The van der Waals surface area contributed by atoms with Gasteiger partial charge in [0.25, 0.3) is 0 Å². The van der Waals surface area contributed by atoms with Crippen LogP contribution >= 0.6 is 35.0 Å². The van der Waals surface area contributed by atoms with Crippen LogP contribution in [0.25, 0.3) is 0 Å². The third-order valence-electron chi connectivity index (χ3n) is 2.89. The molecule has 4 nitrogen and oxygen atoms in total. The average Bonchev–Trinajstić information content (AvgIpc) is 2.47. The Morgan fingerprint density at radius 3 is 2.59 bits per heavy atom. The number of halogens is 2. The smallest absolute Gasteiger partial charge is 0.303 e. The summed E-state index contributed by atoms with van der Waals surface area (Å²) in [5.41, 5.74) is 0. The summed E-state index contributed by atoms with van der Waals surface area (Å²) in [4.78, 5) is 22.8. The molecule has 0 fully saturated rings. The summed E-state index contributed by atoms with van der Waals surface area (Å²) in [7, 11) is 0. The Morgan fingerprint density at radius 2 is 1.86 bits per heavy atom. The summed E-state index contributed by atoms with van der Waals surface area (Å²) < 4.78 is 0. The number of unbranched alkanes of at least 4 members (excludes halogenated alkanes) is 3. The molecular weight excluding hydrogens is 345 g/mol. The lowest BCUT2D eigenvalue weighted by atomic mass is 10.1. The highest BCUT2D eigenvalue weighted by atomic mass is 35.5. The predicted molar refractivity (Wildman–Crippen MR) is 90.9 cm³/mol. The van der Waals surface area contributed by atoms with Crippen LogP contribution in [0.2, 0.25) is 10.0 Å². The maximum atomic E-state index is 11.7. The van der Waals surface area contributed by atoms with Crippen molar-refractivity contribution in [2.45, 2.75) is 37.0 Å². The van der Waals surface area contributed by atoms with Crippen molar-refractivity contribution in [3.05, 3.63) is 28.2 Å². The maximum Gasteiger partial charge on any atom is 0.303 e. The van der Waals surface area contributed by atoms with Crippen LogP contribution in [0.5, 0.6) is 0 Å². The Bertz CT molecular complexity index is 512. The second-order valence-electron chi connectivity index (χ2n) is 4.77. The highest BCUT2D eigenvalue weighted by Gasteiger charge is 2.06. The van der Waals surface area contributed by atoms with E-state index in [9.17, 15) is 9.59 Å². The molecule has 2 N–H and O–H groups in total. The van der Waals surface area contributed by atoms with Gasteiger partial charge >= 0.3 is 5.97 Å². The molecule has 1 rings (SSSR count). The average molecular weight is 364 g/mol. The standard InChI is InChI=1S/C15H19Cl2NO3S/c16-11-6-7-12(17)13(9-11)22-10-14(19)18-8-4-2-1-3-5-15(20)21/h6-7,9H,1-5,8,10H2,(H,18,19)(H,20,21). The zero-order valence-electron chi connectivity index (χ0n) is 12.1. The Morgan fingerprint density at radius 1 is 1.14 bits per heavy atom. The van der Waals surface area contributed by atoms with Gasteiger partial charge in [0, 0.05) is 22.9 Å². The molecule has 0 aliphatic rings. The zero-order chi connectivity index (χ0) is 16.4. The fourth-order valence-corrected chi connectivity index (χ4v) is 3.09. The minimum atomic E-state index is -0.759. The van der Waals surface area contributed by atoms with E-state index in [1.54, 1.807) is 18.2 Å². The van der Waals surface area contributed by atoms with Gasteiger partial charge in [0.1, 0.15) is 0 Å². The van der Waals surface area contributed by atoms with Crippen molar-refractivity contribution in [3.63, 3.8) is 0 Å². The highest BCUT2D eigenvalue weighted by Crippen LogP contribution is 2.29. The first-order valence-corrected chi connectivity index (χ1v) is 8.79. The Labute approximate surface area is 144 Å². The number of carbonyl (C=O) groups excluding carboxylic acids is 1. The number of rotatable bonds is 10. The molecule has 0 bridgehead atoms. The molecule has 0 radical (unpaired) electrons. The number of aliphatic carboxylic acids is 1. The Kier molecular flexibility index (Phi) is 9.36. The van der Waals surface area contributed by atoms with Crippen LogP contribution < -0.4 is 5.32 Å². The van der Waals surface area contributed by atoms with Crippen molar-refractivity contribution in [3.8, 4) is 0 Å². The quantitative estimate of drug-likeness (QED) is 0.482. The molecule has 0 unspecified atom stereocenters. The number of hydrogen-bond acceptors (Lipinski definition) is 3. The van der Waals surface area contributed by atoms with Gasteiger partial charge in [-0.1, -0.05) is 36.0 Å². The van der Waals surface area contributed by atoms with Crippen molar-refractivity contribution in [2.75, 3.05) is 12.3 Å². The molecule has 122 valence electrons. The monoisotopic (exact) mass is 363 g/mol. The van der Waals surface area contributed by atoms with Gasteiger partial charge in [-0.2, -0.15) is 0 Å². The van der Waals surface area contributed by atoms with Gasteiger partial charge in [-0.15, -0.1) is 11.8 Å². The molecule has 0 aliphatic heterocycles. The first-order chi connectivity index (χ1) is 10.5. The Hall–Kier alpha value is -0.910. The predicted octanol–water partition coefficient (Wildman–Crippen LogP) is 4.24. The lowest BCUT2D eigenvalue weighted by Crippen LogP contribution is -2.26. The van der Waals surface area contributed by atoms with Crippen molar-refractivity contribution >= 4 is 46.8 Å². The van der Waals surface area contributed by atoms with Gasteiger partial charge in [-0.3, -0.25) is 9.59 Å². The number of carboxylic acid groups (broad SMARTS) is 1. The van der Waals surface area contributed by atoms with Gasteiger partial charge in [0.05, 0.1) is 10.8 Å². The first-order valence-electron chi connectivity index (χ1n) is 7.05. The third kappa shape index (κ3) is 8.51. The van der Waals surface area contributed by atoms with Crippen LogP contribution in [-0.4, -0.2) is 29.3 Å². The fourth-order valence-electron chi connectivity index (χ4n) is 1.76. The molecule has 0 aliphatic carbocycles. The summed E-state index contributed by atoms with van der Waals surface area (Å²) in [6.45, 7) is 0.607. The molecule has 7 heteroatoms. The van der Waals surface area contributed by atoms with E-state index < -0.39 is 5.97 Å². The van der Waals surface area contributed by atoms with E-state index in [1.807, 2.05) is 0 Å². The Balaban J connectivity index is 2.11. The molecule has 0 heterocycles. The summed E-state index contributed by atoms with van der Waals surface area (Å²) in [5.74, 6) is -0.518. The normalized spacial score (nSPS) is 10.5. The molecule has 1 amide bonds. The van der Waals surface area contributed by atoms with Crippen LogP contribution in [0, 0.1) is 0 Å². The van der Waals surface area contributed by atoms with Gasteiger partial charge in [0.15, 0.2) is 0 Å². The molecule has 0 spiro atoms. The number of thioether (sulfide) groups is 1. The largest absolute Gasteiger partial charge is 0.481 e. The van der Waals surface area contributed by atoms with Crippen LogP contribution in [0.3, 0.4) is 0 Å². The van der Waals surface area contributed by atoms with E-state index in [-0.39, 0.29) is 12.3 Å². The fraction of sp³-hybridized carbons (Fsp3) is 0.467. The molecular formula is C15H19Cl2NO3S. The lowest BCUT2D eigenvalue weighted by Gasteiger charge is -2.06. The molecule has 0 saturated heterocycles. The van der Waals surface area contributed by atoms with E-state index in [1.165, 1.54) is 11.8 Å². The van der Waals surface area contributed by atoms with E-state index in [0.717, 1.165) is 24.2 Å². The summed E-state index contributed by atoms with van der Waals surface area (Å²) in [6.07, 6.45) is 3.54. The van der Waals surface area contributed by atoms with Crippen molar-refractivity contribution in [1.29, 1.82) is 0 Å². The number of carboxylic acids is 1. The van der Waals surface area contributed by atoms with Gasteiger partial charge in [-0.05, 0) is 31.0 Å². The van der Waals surface area contributed by atoms with E-state index >= 15 is 0 Å². The molecule has 0 atom stereocenters. The molecule has 1 aromatic carbocycles. The third-order valence-corrected chi connectivity index (χ3v) is 4.62. The summed E-state index contributed by atoms with van der Waals surface area (Å²) >= 11 is 13.3. The number of benzene rings is 1. The van der Waals surface area contributed by atoms with Gasteiger partial charge in [-0.25, -0.2) is 0 Å². The van der Waals surface area contributed by atoms with Crippen LogP contribution in [0.15, 0.2) is 23.1 Å². The number of amides is 1. The summed E-state index contributed by atoms with van der Waals surface area (Å²) in [6, 6.07) is 5.16. The second-order valence-corrected chi connectivity index (χ2v) is 6.63. The minimum Gasteiger partial charge on any atom is -0.481 e. The second kappa shape index (κ2) is 10.8. The van der Waals surface area contributed by atoms with Crippen LogP contribution in [0.4, 0.5) is 0 Å². The van der Waals surface area contributed by atoms with Gasteiger partial charge < -0.3 is 10.4 Å².